The number of aryl methyl sites for hydroxylation is 1. The van der Waals surface area contributed by atoms with Crippen LogP contribution in [0.25, 0.3) is 0 Å². The van der Waals surface area contributed by atoms with Crippen molar-refractivity contribution in [2.24, 2.45) is 11.8 Å². The van der Waals surface area contributed by atoms with Crippen LogP contribution in [-0.4, -0.2) is 42.3 Å². The minimum atomic E-state index is -0.313. The van der Waals surface area contributed by atoms with E-state index >= 15 is 0 Å². The van der Waals surface area contributed by atoms with E-state index in [-0.39, 0.29) is 42.0 Å². The molecule has 2 heterocycles. The molecular formula is C26H31N3O3. The normalized spacial score (nSPS) is 20.3. The predicted molar refractivity (Wildman–Crippen MR) is 124 cm³/mol. The summed E-state index contributed by atoms with van der Waals surface area (Å²) in [4.78, 5) is 41.8. The number of amides is 3. The highest BCUT2D eigenvalue weighted by atomic mass is 16.2. The van der Waals surface area contributed by atoms with Gasteiger partial charge in [0, 0.05) is 37.7 Å². The maximum absolute atomic E-state index is 13.1. The number of anilines is 1. The number of piperidine rings is 1. The molecular weight excluding hydrogens is 402 g/mol. The molecule has 0 bridgehead atoms. The van der Waals surface area contributed by atoms with Crippen LogP contribution in [0.15, 0.2) is 54.6 Å². The fourth-order valence-corrected chi connectivity index (χ4v) is 4.62. The summed E-state index contributed by atoms with van der Waals surface area (Å²) in [6, 6.07) is 17.7. The lowest BCUT2D eigenvalue weighted by molar-refractivity contribution is -0.139. The monoisotopic (exact) mass is 433 g/mol. The van der Waals surface area contributed by atoms with E-state index < -0.39 is 0 Å². The van der Waals surface area contributed by atoms with Gasteiger partial charge in [0.2, 0.25) is 17.7 Å². The Morgan fingerprint density at radius 3 is 2.28 bits per heavy atom. The van der Waals surface area contributed by atoms with E-state index in [2.05, 4.69) is 5.32 Å². The van der Waals surface area contributed by atoms with Gasteiger partial charge < -0.3 is 15.1 Å². The van der Waals surface area contributed by atoms with Crippen LogP contribution in [0.4, 0.5) is 5.69 Å². The van der Waals surface area contributed by atoms with E-state index in [4.69, 9.17) is 0 Å². The van der Waals surface area contributed by atoms with E-state index in [0.717, 1.165) is 16.8 Å². The number of likely N-dealkylation sites (tertiary alicyclic amines) is 1. The van der Waals surface area contributed by atoms with E-state index in [9.17, 15) is 14.4 Å². The second-order valence-corrected chi connectivity index (χ2v) is 8.98. The maximum atomic E-state index is 13.1. The van der Waals surface area contributed by atoms with Crippen LogP contribution in [0.2, 0.25) is 0 Å². The number of carbonyl (C=O) groups excluding carboxylic acids is 3. The minimum absolute atomic E-state index is 0.00336. The molecule has 6 heteroatoms. The number of nitrogens with zero attached hydrogens (tertiary/aromatic N) is 2. The van der Waals surface area contributed by atoms with E-state index in [1.165, 1.54) is 0 Å². The van der Waals surface area contributed by atoms with Crippen molar-refractivity contribution in [3.05, 3.63) is 65.7 Å². The van der Waals surface area contributed by atoms with Gasteiger partial charge in [-0.15, -0.1) is 0 Å². The molecule has 0 aromatic heterocycles. The van der Waals surface area contributed by atoms with Crippen molar-refractivity contribution < 1.29 is 14.4 Å². The van der Waals surface area contributed by atoms with Crippen molar-refractivity contribution in [3.8, 4) is 0 Å². The third-order valence-electron chi connectivity index (χ3n) is 6.66. The lowest BCUT2D eigenvalue weighted by Gasteiger charge is -2.33. The molecule has 2 aliphatic rings. The highest BCUT2D eigenvalue weighted by molar-refractivity contribution is 6.00. The second-order valence-electron chi connectivity index (χ2n) is 8.98. The van der Waals surface area contributed by atoms with Crippen LogP contribution in [0.1, 0.15) is 43.4 Å². The molecule has 168 valence electrons. The largest absolute Gasteiger partial charge is 0.349 e. The summed E-state index contributed by atoms with van der Waals surface area (Å²) < 4.78 is 0. The Labute approximate surface area is 189 Å². The lowest BCUT2D eigenvalue weighted by atomic mass is 9.94. The maximum Gasteiger partial charge on any atom is 0.228 e. The van der Waals surface area contributed by atoms with Crippen LogP contribution in [0, 0.1) is 18.8 Å². The Hall–Kier alpha value is -3.15. The molecule has 32 heavy (non-hydrogen) atoms. The minimum Gasteiger partial charge on any atom is -0.349 e. The fourth-order valence-electron chi connectivity index (χ4n) is 4.62. The highest BCUT2D eigenvalue weighted by Gasteiger charge is 2.38. The molecule has 2 fully saturated rings. The molecule has 2 atom stereocenters. The summed E-state index contributed by atoms with van der Waals surface area (Å²) in [6.07, 6.45) is 1.56. The van der Waals surface area contributed by atoms with Gasteiger partial charge in [0.1, 0.15) is 0 Å². The number of carbonyl (C=O) groups is 3. The first-order valence-electron chi connectivity index (χ1n) is 11.4. The Bertz CT molecular complexity index is 966. The van der Waals surface area contributed by atoms with E-state index in [1.807, 2.05) is 73.3 Å². The number of hydrogen-bond donors (Lipinski definition) is 1. The highest BCUT2D eigenvalue weighted by Crippen LogP contribution is 2.28. The number of rotatable bonds is 5. The summed E-state index contributed by atoms with van der Waals surface area (Å²) in [5, 5.41) is 3.11. The Morgan fingerprint density at radius 1 is 0.969 bits per heavy atom. The van der Waals surface area contributed by atoms with Crippen molar-refractivity contribution in [1.29, 1.82) is 0 Å². The number of nitrogens with one attached hydrogen (secondary N) is 1. The molecule has 2 aromatic rings. The zero-order chi connectivity index (χ0) is 22.7. The number of hydrogen-bond acceptors (Lipinski definition) is 3. The predicted octanol–water partition coefficient (Wildman–Crippen LogP) is 3.46. The zero-order valence-corrected chi connectivity index (χ0v) is 18.8. The van der Waals surface area contributed by atoms with E-state index in [0.29, 0.717) is 32.5 Å². The van der Waals surface area contributed by atoms with Gasteiger partial charge in [0.05, 0.1) is 12.0 Å². The van der Waals surface area contributed by atoms with Gasteiger partial charge in [0.25, 0.3) is 0 Å². The summed E-state index contributed by atoms with van der Waals surface area (Å²) >= 11 is 0. The molecule has 3 amide bonds. The third kappa shape index (κ3) is 4.85. The van der Waals surface area contributed by atoms with Crippen molar-refractivity contribution in [2.75, 3.05) is 24.5 Å². The molecule has 2 aliphatic heterocycles. The third-order valence-corrected chi connectivity index (χ3v) is 6.66. The molecule has 0 spiro atoms. The molecule has 0 saturated carbocycles. The first-order valence-corrected chi connectivity index (χ1v) is 11.4. The van der Waals surface area contributed by atoms with Crippen molar-refractivity contribution in [3.63, 3.8) is 0 Å². The van der Waals surface area contributed by atoms with Crippen LogP contribution in [-0.2, 0) is 14.4 Å². The van der Waals surface area contributed by atoms with Crippen molar-refractivity contribution >= 4 is 23.4 Å². The second kappa shape index (κ2) is 9.55. The van der Waals surface area contributed by atoms with E-state index in [1.54, 1.807) is 4.90 Å². The van der Waals surface area contributed by atoms with Crippen LogP contribution >= 0.6 is 0 Å². The average Bonchev–Trinajstić information content (AvgIpc) is 3.21. The molecule has 2 aromatic carbocycles. The van der Waals surface area contributed by atoms with Crippen LogP contribution in [0.3, 0.4) is 0 Å². The topological polar surface area (TPSA) is 69.7 Å². The van der Waals surface area contributed by atoms with Gasteiger partial charge in [-0.3, -0.25) is 14.4 Å². The lowest BCUT2D eigenvalue weighted by Crippen LogP contribution is -2.45. The fraction of sp³-hybridized carbons (Fsp3) is 0.423. The van der Waals surface area contributed by atoms with Crippen molar-refractivity contribution in [2.45, 2.75) is 39.2 Å². The number of benzene rings is 2. The Morgan fingerprint density at radius 2 is 1.62 bits per heavy atom. The summed E-state index contributed by atoms with van der Waals surface area (Å²) in [7, 11) is 0. The zero-order valence-electron chi connectivity index (χ0n) is 18.8. The van der Waals surface area contributed by atoms with Gasteiger partial charge in [-0.05, 0) is 44.4 Å². The molecule has 0 unspecified atom stereocenters. The molecule has 4 rings (SSSR count). The van der Waals surface area contributed by atoms with Crippen LogP contribution in [0.5, 0.6) is 0 Å². The first kappa shape index (κ1) is 22.1. The summed E-state index contributed by atoms with van der Waals surface area (Å²) in [5.74, 6) is -0.317. The van der Waals surface area contributed by atoms with Gasteiger partial charge >= 0.3 is 0 Å². The van der Waals surface area contributed by atoms with Crippen molar-refractivity contribution in [1.82, 2.24) is 10.2 Å². The molecule has 6 nitrogen and oxygen atoms in total. The van der Waals surface area contributed by atoms with Crippen LogP contribution < -0.4 is 10.2 Å². The van der Waals surface area contributed by atoms with Gasteiger partial charge in [-0.2, -0.15) is 0 Å². The SMILES string of the molecule is Cc1ccc(N2C[C@@H](C(=O)N3CCC(C(=O)N[C@H](C)c4ccccc4)CC3)CC2=O)cc1. The Balaban J connectivity index is 1.28. The quantitative estimate of drug-likeness (QED) is 0.785. The standard InChI is InChI=1S/C26H31N3O3/c1-18-8-10-23(11-9-18)29-17-22(16-24(29)30)26(32)28-14-12-21(13-15-28)25(31)27-19(2)20-6-4-3-5-7-20/h3-11,19,21-22H,12-17H2,1-2H3,(H,27,31)/t19-,22+/m1/s1. The summed E-state index contributed by atoms with van der Waals surface area (Å²) in [6.45, 7) is 5.55. The Kier molecular flexibility index (Phi) is 6.58. The molecule has 2 saturated heterocycles. The molecule has 1 N–H and O–H groups in total. The summed E-state index contributed by atoms with van der Waals surface area (Å²) in [5.41, 5.74) is 3.06. The average molecular weight is 434 g/mol. The van der Waals surface area contributed by atoms with Gasteiger partial charge in [-0.1, -0.05) is 48.0 Å². The smallest absolute Gasteiger partial charge is 0.228 e. The first-order chi connectivity index (χ1) is 15.4. The molecule has 0 aliphatic carbocycles. The van der Waals surface area contributed by atoms with Gasteiger partial charge in [-0.25, -0.2) is 0 Å². The van der Waals surface area contributed by atoms with Gasteiger partial charge in [0.15, 0.2) is 0 Å². The molecule has 0 radical (unpaired) electrons.